The number of nitrogens with zero attached hydrogens (tertiary/aromatic N) is 2. The van der Waals surface area contributed by atoms with Crippen LogP contribution in [0.2, 0.25) is 0 Å². The van der Waals surface area contributed by atoms with Crippen molar-refractivity contribution in [3.63, 3.8) is 0 Å². The fourth-order valence-corrected chi connectivity index (χ4v) is 1.82. The lowest BCUT2D eigenvalue weighted by molar-refractivity contribution is 0.503. The second kappa shape index (κ2) is 5.51. The van der Waals surface area contributed by atoms with E-state index in [1.54, 1.807) is 0 Å². The Hall–Kier alpha value is -1.79. The number of rotatable bonds is 5. The summed E-state index contributed by atoms with van der Waals surface area (Å²) in [5, 5.41) is 3.43. The van der Waals surface area contributed by atoms with Crippen molar-refractivity contribution in [2.45, 2.75) is 32.4 Å². The van der Waals surface area contributed by atoms with E-state index in [0.717, 1.165) is 30.7 Å². The molecule has 0 amide bonds. The number of hydrogen-bond acceptors (Lipinski definition) is 2. The van der Waals surface area contributed by atoms with E-state index < -0.39 is 0 Å². The van der Waals surface area contributed by atoms with Crippen LogP contribution >= 0.6 is 0 Å². The van der Waals surface area contributed by atoms with Gasteiger partial charge >= 0.3 is 0 Å². The number of aromatic nitrogens is 2. The third kappa shape index (κ3) is 2.86. The van der Waals surface area contributed by atoms with Crippen molar-refractivity contribution in [2.24, 2.45) is 0 Å². The number of hydrogen-bond donors (Lipinski definition) is 1. The minimum Gasteiger partial charge on any atom is -0.307 e. The second-order valence-corrected chi connectivity index (χ2v) is 4.09. The van der Waals surface area contributed by atoms with Gasteiger partial charge in [0.15, 0.2) is 0 Å². The fourth-order valence-electron chi connectivity index (χ4n) is 1.82. The molecule has 0 fully saturated rings. The van der Waals surface area contributed by atoms with Crippen molar-refractivity contribution >= 4 is 5.65 Å². The number of pyridine rings is 1. The molecule has 0 saturated carbocycles. The van der Waals surface area contributed by atoms with Crippen molar-refractivity contribution < 1.29 is 0 Å². The lowest BCUT2D eigenvalue weighted by atomic mass is 10.1. The van der Waals surface area contributed by atoms with Crippen molar-refractivity contribution in [1.29, 1.82) is 0 Å². The molecule has 3 heteroatoms. The highest BCUT2D eigenvalue weighted by Gasteiger charge is 2.05. The summed E-state index contributed by atoms with van der Waals surface area (Å²) >= 11 is 0. The van der Waals surface area contributed by atoms with Gasteiger partial charge in [-0.05, 0) is 18.6 Å². The molecule has 0 aliphatic carbocycles. The third-order valence-corrected chi connectivity index (χ3v) is 2.84. The summed E-state index contributed by atoms with van der Waals surface area (Å²) in [7, 11) is 0. The first-order chi connectivity index (χ1) is 8.33. The summed E-state index contributed by atoms with van der Waals surface area (Å²) in [6.45, 7) is 2.90. The van der Waals surface area contributed by atoms with Crippen LogP contribution in [0.1, 0.15) is 25.5 Å². The fraction of sp³-hybridized carbons (Fsp3) is 0.357. The van der Waals surface area contributed by atoms with Gasteiger partial charge < -0.3 is 9.72 Å². The van der Waals surface area contributed by atoms with Crippen molar-refractivity contribution in [1.82, 2.24) is 14.7 Å². The molecule has 1 unspecified atom stereocenters. The standard InChI is InChI=1S/C14H17N3/c1-3-7-12(4-2)15-10-13-11-17-9-6-5-8-14(17)16-13/h1,5-6,8-9,11-12,15H,4,7,10H2,2H3. The molecule has 0 radical (unpaired) electrons. The smallest absolute Gasteiger partial charge is 0.137 e. The molecule has 0 aromatic carbocycles. The monoisotopic (exact) mass is 227 g/mol. The summed E-state index contributed by atoms with van der Waals surface area (Å²) in [6, 6.07) is 6.37. The molecule has 0 aliphatic rings. The Morgan fingerprint density at radius 1 is 1.53 bits per heavy atom. The van der Waals surface area contributed by atoms with Gasteiger partial charge in [-0.3, -0.25) is 0 Å². The number of terminal acetylenes is 1. The Labute approximate surface area is 102 Å². The Bertz CT molecular complexity index is 488. The molecule has 2 aromatic rings. The van der Waals surface area contributed by atoms with E-state index in [2.05, 4.69) is 23.1 Å². The quantitative estimate of drug-likeness (QED) is 0.794. The molecule has 2 aromatic heterocycles. The van der Waals surface area contributed by atoms with Crippen LogP contribution in [0.3, 0.4) is 0 Å². The van der Waals surface area contributed by atoms with Gasteiger partial charge in [-0.1, -0.05) is 13.0 Å². The first-order valence-electron chi connectivity index (χ1n) is 5.93. The molecule has 3 nitrogen and oxygen atoms in total. The maximum Gasteiger partial charge on any atom is 0.137 e. The largest absolute Gasteiger partial charge is 0.307 e. The van der Waals surface area contributed by atoms with Crippen molar-refractivity contribution in [2.75, 3.05) is 0 Å². The molecule has 1 atom stereocenters. The minimum absolute atomic E-state index is 0.379. The molecular formula is C14H17N3. The Kier molecular flexibility index (Phi) is 3.79. The van der Waals surface area contributed by atoms with Crippen LogP contribution in [-0.4, -0.2) is 15.4 Å². The van der Waals surface area contributed by atoms with E-state index >= 15 is 0 Å². The zero-order valence-electron chi connectivity index (χ0n) is 10.1. The minimum atomic E-state index is 0.379. The van der Waals surface area contributed by atoms with Gasteiger partial charge in [0.2, 0.25) is 0 Å². The van der Waals surface area contributed by atoms with Crippen molar-refractivity contribution in [3.8, 4) is 12.3 Å². The highest BCUT2D eigenvalue weighted by molar-refractivity contribution is 5.39. The van der Waals surface area contributed by atoms with Gasteiger partial charge in [-0.25, -0.2) is 4.98 Å². The number of nitrogens with one attached hydrogen (secondary N) is 1. The van der Waals surface area contributed by atoms with E-state index in [-0.39, 0.29) is 0 Å². The first-order valence-corrected chi connectivity index (χ1v) is 5.93. The molecule has 2 rings (SSSR count). The first kappa shape index (κ1) is 11.7. The molecule has 0 bridgehead atoms. The summed E-state index contributed by atoms with van der Waals surface area (Å²) in [6.07, 6.45) is 11.2. The molecule has 0 aliphatic heterocycles. The zero-order valence-corrected chi connectivity index (χ0v) is 10.1. The van der Waals surface area contributed by atoms with Crippen LogP contribution in [0.25, 0.3) is 5.65 Å². The molecular weight excluding hydrogens is 210 g/mol. The van der Waals surface area contributed by atoms with Crippen LogP contribution in [0.4, 0.5) is 0 Å². The number of fused-ring (bicyclic) bond motifs is 1. The normalized spacial score (nSPS) is 12.5. The van der Waals surface area contributed by atoms with E-state index in [4.69, 9.17) is 6.42 Å². The van der Waals surface area contributed by atoms with E-state index in [1.165, 1.54) is 0 Å². The molecule has 0 saturated heterocycles. The molecule has 88 valence electrons. The summed E-state index contributed by atoms with van der Waals surface area (Å²) in [5.41, 5.74) is 2.03. The summed E-state index contributed by atoms with van der Waals surface area (Å²) in [5.74, 6) is 2.69. The topological polar surface area (TPSA) is 29.3 Å². The van der Waals surface area contributed by atoms with Crippen LogP contribution in [0, 0.1) is 12.3 Å². The predicted molar refractivity (Wildman–Crippen MR) is 69.6 cm³/mol. The molecule has 0 spiro atoms. The van der Waals surface area contributed by atoms with Gasteiger partial charge in [0.05, 0.1) is 5.69 Å². The van der Waals surface area contributed by atoms with Gasteiger partial charge in [0, 0.05) is 31.4 Å². The Morgan fingerprint density at radius 2 is 2.41 bits per heavy atom. The Balaban J connectivity index is 2.01. The lowest BCUT2D eigenvalue weighted by Crippen LogP contribution is -2.27. The SMILES string of the molecule is C#CCC(CC)NCc1cn2ccccc2n1. The van der Waals surface area contributed by atoms with Gasteiger partial charge in [0.25, 0.3) is 0 Å². The lowest BCUT2D eigenvalue weighted by Gasteiger charge is -2.12. The average Bonchev–Trinajstić information content (AvgIpc) is 2.77. The van der Waals surface area contributed by atoms with Crippen LogP contribution in [-0.2, 0) is 6.54 Å². The van der Waals surface area contributed by atoms with Crippen LogP contribution in [0.15, 0.2) is 30.6 Å². The zero-order chi connectivity index (χ0) is 12.1. The highest BCUT2D eigenvalue weighted by atomic mass is 15.0. The maximum absolute atomic E-state index is 5.33. The van der Waals surface area contributed by atoms with E-state index in [1.807, 2.05) is 35.0 Å². The summed E-state index contributed by atoms with van der Waals surface area (Å²) in [4.78, 5) is 4.53. The third-order valence-electron chi connectivity index (χ3n) is 2.84. The number of imidazole rings is 1. The van der Waals surface area contributed by atoms with Crippen LogP contribution < -0.4 is 5.32 Å². The molecule has 2 heterocycles. The second-order valence-electron chi connectivity index (χ2n) is 4.09. The van der Waals surface area contributed by atoms with Gasteiger partial charge in [0.1, 0.15) is 5.65 Å². The maximum atomic E-state index is 5.33. The highest BCUT2D eigenvalue weighted by Crippen LogP contribution is 2.05. The van der Waals surface area contributed by atoms with E-state index in [0.29, 0.717) is 6.04 Å². The van der Waals surface area contributed by atoms with Gasteiger partial charge in [-0.15, -0.1) is 12.3 Å². The Morgan fingerprint density at radius 3 is 3.12 bits per heavy atom. The van der Waals surface area contributed by atoms with Crippen molar-refractivity contribution in [3.05, 3.63) is 36.3 Å². The predicted octanol–water partition coefficient (Wildman–Crippen LogP) is 2.23. The molecule has 1 N–H and O–H groups in total. The van der Waals surface area contributed by atoms with Crippen LogP contribution in [0.5, 0.6) is 0 Å². The average molecular weight is 227 g/mol. The van der Waals surface area contributed by atoms with Gasteiger partial charge in [-0.2, -0.15) is 0 Å². The molecule has 17 heavy (non-hydrogen) atoms. The summed E-state index contributed by atoms with van der Waals surface area (Å²) < 4.78 is 2.03. The van der Waals surface area contributed by atoms with E-state index in [9.17, 15) is 0 Å².